The molecule has 3 nitrogen and oxygen atoms in total. The van der Waals surface area contributed by atoms with Crippen LogP contribution in [0.4, 0.5) is 0 Å². The number of fused-ring (bicyclic) bond motifs is 1. The number of halogens is 1. The number of benzene rings is 1. The van der Waals surface area contributed by atoms with Crippen LogP contribution in [0.25, 0.3) is 5.57 Å². The van der Waals surface area contributed by atoms with E-state index in [0.717, 1.165) is 61.7 Å². The molecule has 4 heteroatoms. The van der Waals surface area contributed by atoms with Gasteiger partial charge in [0.1, 0.15) is 0 Å². The lowest BCUT2D eigenvalue weighted by Gasteiger charge is -2.36. The number of hydrogen-bond donors (Lipinski definition) is 1. The summed E-state index contributed by atoms with van der Waals surface area (Å²) in [4.78, 5) is 5.00. The van der Waals surface area contributed by atoms with Gasteiger partial charge in [0.2, 0.25) is 0 Å². The van der Waals surface area contributed by atoms with Gasteiger partial charge in [-0.1, -0.05) is 55.3 Å². The van der Waals surface area contributed by atoms with E-state index >= 15 is 0 Å². The fraction of sp³-hybridized carbons (Fsp3) is 0.548. The number of piperidine rings is 2. The van der Waals surface area contributed by atoms with Crippen molar-refractivity contribution in [1.29, 1.82) is 0 Å². The SMILES string of the molecule is C=C(CC1CCN(C)CC1)N1CCC(=C2C/C(=C\C(C)=C/N)CCc3cc(Cl)ccc32)CC1.CC. The van der Waals surface area contributed by atoms with E-state index in [1.165, 1.54) is 60.3 Å². The highest BCUT2D eigenvalue weighted by Gasteiger charge is 2.24. The van der Waals surface area contributed by atoms with Crippen LogP contribution in [0.5, 0.6) is 0 Å². The zero-order valence-electron chi connectivity index (χ0n) is 22.5. The summed E-state index contributed by atoms with van der Waals surface area (Å²) in [5, 5.41) is 0.837. The highest BCUT2D eigenvalue weighted by Crippen LogP contribution is 2.39. The minimum absolute atomic E-state index is 0.804. The van der Waals surface area contributed by atoms with E-state index in [4.69, 9.17) is 17.3 Å². The molecule has 1 aromatic rings. The number of hydrogen-bond acceptors (Lipinski definition) is 3. The first kappa shape index (κ1) is 27.6. The molecule has 1 aliphatic carbocycles. The van der Waals surface area contributed by atoms with E-state index in [0.29, 0.717) is 0 Å². The Morgan fingerprint density at radius 1 is 1.09 bits per heavy atom. The van der Waals surface area contributed by atoms with Crippen molar-refractivity contribution in [2.75, 3.05) is 33.2 Å². The first-order valence-corrected chi connectivity index (χ1v) is 14.0. The standard InChI is InChI=1S/C29H40ClN3.C2H6/c1-21(20-31)16-24-4-5-26-19-27(30)6-7-28(26)29(18-24)25-10-14-33(15-11-25)22(2)17-23-8-12-32(3)13-9-23;1-2/h6-7,16,19-20,23H,2,4-5,8-15,17-18,31H2,1,3H3;1-2H3/b21-20-,24-16-;. The zero-order chi connectivity index (χ0) is 25.4. The third-order valence-electron chi connectivity index (χ3n) is 7.81. The van der Waals surface area contributed by atoms with Gasteiger partial charge in [0.25, 0.3) is 0 Å². The van der Waals surface area contributed by atoms with Gasteiger partial charge in [0, 0.05) is 23.8 Å². The Bertz CT molecular complexity index is 953. The van der Waals surface area contributed by atoms with Crippen molar-refractivity contribution < 1.29 is 0 Å². The highest BCUT2D eigenvalue weighted by molar-refractivity contribution is 6.30. The third-order valence-corrected chi connectivity index (χ3v) is 8.04. The molecule has 192 valence electrons. The Morgan fingerprint density at radius 2 is 1.77 bits per heavy atom. The Morgan fingerprint density at radius 3 is 2.43 bits per heavy atom. The van der Waals surface area contributed by atoms with E-state index in [9.17, 15) is 0 Å². The van der Waals surface area contributed by atoms with Crippen LogP contribution >= 0.6 is 11.6 Å². The second-order valence-electron chi connectivity index (χ2n) is 10.3. The Kier molecular flexibility index (Phi) is 10.5. The lowest BCUT2D eigenvalue weighted by molar-refractivity contribution is 0.205. The number of allylic oxidation sites excluding steroid dienone is 5. The van der Waals surface area contributed by atoms with Gasteiger partial charge in [-0.2, -0.15) is 0 Å². The van der Waals surface area contributed by atoms with Crippen molar-refractivity contribution in [3.05, 3.63) is 75.6 Å². The second kappa shape index (κ2) is 13.4. The molecular formula is C31H46ClN3. The molecule has 1 aromatic carbocycles. The average molecular weight is 496 g/mol. The van der Waals surface area contributed by atoms with Crippen LogP contribution in [-0.4, -0.2) is 43.0 Å². The maximum atomic E-state index is 6.37. The lowest BCUT2D eigenvalue weighted by Crippen LogP contribution is -2.34. The van der Waals surface area contributed by atoms with Crippen molar-refractivity contribution >= 4 is 17.2 Å². The molecule has 4 rings (SSSR count). The van der Waals surface area contributed by atoms with E-state index in [1.807, 2.05) is 13.8 Å². The molecule has 2 heterocycles. The Hall–Kier alpha value is -1.97. The van der Waals surface area contributed by atoms with Crippen LogP contribution in [0.2, 0.25) is 5.02 Å². The summed E-state index contributed by atoms with van der Waals surface area (Å²) in [5.74, 6) is 0.804. The van der Waals surface area contributed by atoms with Crippen molar-refractivity contribution in [2.24, 2.45) is 11.7 Å². The molecule has 0 atom stereocenters. The molecule has 0 saturated carbocycles. The molecule has 2 aliphatic heterocycles. The summed E-state index contributed by atoms with van der Waals surface area (Å²) < 4.78 is 0. The molecule has 0 unspecified atom stereocenters. The molecule has 2 N–H and O–H groups in total. The Balaban J connectivity index is 0.00000167. The molecule has 35 heavy (non-hydrogen) atoms. The molecule has 0 amide bonds. The van der Waals surface area contributed by atoms with E-state index in [-0.39, 0.29) is 0 Å². The zero-order valence-corrected chi connectivity index (χ0v) is 23.3. The average Bonchev–Trinajstić information content (AvgIpc) is 3.05. The van der Waals surface area contributed by atoms with Gasteiger partial charge in [-0.25, -0.2) is 0 Å². The van der Waals surface area contributed by atoms with Gasteiger partial charge in [-0.15, -0.1) is 0 Å². The van der Waals surface area contributed by atoms with Gasteiger partial charge in [0.15, 0.2) is 0 Å². The number of rotatable bonds is 4. The molecule has 0 bridgehead atoms. The summed E-state index contributed by atoms with van der Waals surface area (Å²) in [6.45, 7) is 15.2. The van der Waals surface area contributed by atoms with Crippen LogP contribution in [0.15, 0.2) is 59.5 Å². The summed E-state index contributed by atoms with van der Waals surface area (Å²) in [5.41, 5.74) is 15.7. The van der Waals surface area contributed by atoms with Crippen LogP contribution in [0, 0.1) is 5.92 Å². The smallest absolute Gasteiger partial charge is 0.0409 e. The molecule has 0 spiro atoms. The molecule has 3 aliphatic rings. The number of nitrogens with zero attached hydrogens (tertiary/aromatic N) is 2. The monoisotopic (exact) mass is 495 g/mol. The largest absolute Gasteiger partial charge is 0.404 e. The van der Waals surface area contributed by atoms with Gasteiger partial charge < -0.3 is 15.5 Å². The topological polar surface area (TPSA) is 32.5 Å². The van der Waals surface area contributed by atoms with Crippen molar-refractivity contribution in [1.82, 2.24) is 9.80 Å². The number of nitrogens with two attached hydrogens (primary N) is 1. The molecular weight excluding hydrogens is 450 g/mol. The maximum absolute atomic E-state index is 6.37. The van der Waals surface area contributed by atoms with Crippen LogP contribution in [0.1, 0.15) is 76.8 Å². The molecule has 2 saturated heterocycles. The van der Waals surface area contributed by atoms with E-state index in [1.54, 1.807) is 11.8 Å². The fourth-order valence-corrected chi connectivity index (χ4v) is 5.90. The van der Waals surface area contributed by atoms with Crippen molar-refractivity contribution in [3.8, 4) is 0 Å². The van der Waals surface area contributed by atoms with Crippen molar-refractivity contribution in [2.45, 2.75) is 72.1 Å². The summed E-state index contributed by atoms with van der Waals surface area (Å²) in [6, 6.07) is 6.48. The fourth-order valence-electron chi connectivity index (χ4n) is 5.70. The van der Waals surface area contributed by atoms with Crippen LogP contribution < -0.4 is 5.73 Å². The highest BCUT2D eigenvalue weighted by atomic mass is 35.5. The normalized spacial score (nSPS) is 21.3. The maximum Gasteiger partial charge on any atom is 0.0409 e. The second-order valence-corrected chi connectivity index (χ2v) is 10.7. The van der Waals surface area contributed by atoms with Gasteiger partial charge in [-0.05, 0) is 125 Å². The van der Waals surface area contributed by atoms with Crippen molar-refractivity contribution in [3.63, 3.8) is 0 Å². The predicted molar refractivity (Wildman–Crippen MR) is 153 cm³/mol. The van der Waals surface area contributed by atoms with Gasteiger partial charge in [0.05, 0.1) is 0 Å². The minimum Gasteiger partial charge on any atom is -0.404 e. The predicted octanol–water partition coefficient (Wildman–Crippen LogP) is 7.59. The third kappa shape index (κ3) is 7.51. The number of likely N-dealkylation sites (tertiary alicyclic amines) is 2. The molecule has 0 aromatic heterocycles. The first-order chi connectivity index (χ1) is 16.9. The van der Waals surface area contributed by atoms with Crippen LogP contribution in [0.3, 0.4) is 0 Å². The van der Waals surface area contributed by atoms with Gasteiger partial charge >= 0.3 is 0 Å². The quantitative estimate of drug-likeness (QED) is 0.436. The number of aryl methyl sites for hydroxylation is 1. The molecule has 0 radical (unpaired) electrons. The first-order valence-electron chi connectivity index (χ1n) is 13.6. The van der Waals surface area contributed by atoms with E-state index < -0.39 is 0 Å². The Labute approximate surface area is 219 Å². The summed E-state index contributed by atoms with van der Waals surface area (Å²) >= 11 is 6.37. The summed E-state index contributed by atoms with van der Waals surface area (Å²) in [7, 11) is 2.23. The van der Waals surface area contributed by atoms with Gasteiger partial charge in [-0.3, -0.25) is 0 Å². The lowest BCUT2D eigenvalue weighted by atomic mass is 9.87. The van der Waals surface area contributed by atoms with Crippen LogP contribution in [-0.2, 0) is 6.42 Å². The minimum atomic E-state index is 0.804. The van der Waals surface area contributed by atoms with E-state index in [2.05, 4.69) is 54.6 Å². The molecule has 2 fully saturated rings. The summed E-state index contributed by atoms with van der Waals surface area (Å²) in [6.07, 6.45) is 13.2.